The molecule has 2 bridgehead atoms. The molecule has 2 aliphatic rings. The largest absolute Gasteiger partial charge is 0.490 e. The van der Waals surface area contributed by atoms with Crippen molar-refractivity contribution in [3.63, 3.8) is 0 Å². The number of ether oxygens (including phenoxy) is 2. The Balaban J connectivity index is 1.49. The number of carbonyl (C=O) groups excluding carboxylic acids is 1. The molecule has 4 rings (SSSR count). The number of fused-ring (bicyclic) bond motifs is 2. The normalized spacial score (nSPS) is 19.2. The van der Waals surface area contributed by atoms with E-state index in [9.17, 15) is 29.0 Å². The van der Waals surface area contributed by atoms with Gasteiger partial charge in [-0.2, -0.15) is 0 Å². The number of piperazine rings is 1. The standard InChI is InChI=1S/C25H24ClFN2O7/c1-14(30)28-12-17-11-19(23(24(31)32)21(13-28)29(17)25(33)34)15-2-5-18(6-3-15)35-8-9-36-22-10-16(27)4-7-20(22)26/h2-7,10,17,21H,8-9,11-13H2,1H3,(H,31,32)(H,33,34). The fourth-order valence-corrected chi connectivity index (χ4v) is 4.82. The van der Waals surface area contributed by atoms with Crippen molar-refractivity contribution in [2.24, 2.45) is 0 Å². The van der Waals surface area contributed by atoms with Crippen LogP contribution in [0.25, 0.3) is 5.57 Å². The first-order valence-corrected chi connectivity index (χ1v) is 11.6. The first kappa shape index (κ1) is 25.3. The number of carboxylic acids is 1. The number of hydrogen-bond donors (Lipinski definition) is 2. The fourth-order valence-electron chi connectivity index (χ4n) is 4.65. The monoisotopic (exact) mass is 518 g/mol. The highest BCUT2D eigenvalue weighted by Gasteiger charge is 2.47. The van der Waals surface area contributed by atoms with Crippen LogP contribution in [0.15, 0.2) is 48.0 Å². The molecule has 2 aromatic carbocycles. The Bertz CT molecular complexity index is 1220. The first-order chi connectivity index (χ1) is 17.2. The van der Waals surface area contributed by atoms with Crippen LogP contribution >= 0.6 is 11.6 Å². The molecular formula is C25H24ClFN2O7. The van der Waals surface area contributed by atoms with Gasteiger partial charge in [0.25, 0.3) is 0 Å². The molecule has 0 aliphatic carbocycles. The van der Waals surface area contributed by atoms with Gasteiger partial charge in [-0.25, -0.2) is 14.0 Å². The minimum atomic E-state index is -1.22. The number of nitrogens with zero attached hydrogens (tertiary/aromatic N) is 2. The quantitative estimate of drug-likeness (QED) is 0.536. The Labute approximate surface area is 211 Å². The van der Waals surface area contributed by atoms with Gasteiger partial charge in [-0.3, -0.25) is 9.69 Å². The summed E-state index contributed by atoms with van der Waals surface area (Å²) in [5.74, 6) is -1.19. The van der Waals surface area contributed by atoms with Crippen molar-refractivity contribution < 1.29 is 38.5 Å². The highest BCUT2D eigenvalue weighted by molar-refractivity contribution is 6.32. The van der Waals surface area contributed by atoms with Crippen LogP contribution in [-0.4, -0.2) is 76.4 Å². The van der Waals surface area contributed by atoms with E-state index in [-0.39, 0.29) is 55.0 Å². The lowest BCUT2D eigenvalue weighted by Crippen LogP contribution is -2.64. The van der Waals surface area contributed by atoms with E-state index in [1.807, 2.05) is 0 Å². The molecule has 2 aromatic rings. The average Bonchev–Trinajstić information content (AvgIpc) is 2.82. The molecule has 2 amide bonds. The van der Waals surface area contributed by atoms with Crippen molar-refractivity contribution in [1.82, 2.24) is 9.80 Å². The van der Waals surface area contributed by atoms with E-state index >= 15 is 0 Å². The number of amides is 2. The molecule has 2 atom stereocenters. The van der Waals surface area contributed by atoms with Crippen LogP contribution in [0.3, 0.4) is 0 Å². The number of aliphatic carboxylic acids is 1. The average molecular weight is 519 g/mol. The van der Waals surface area contributed by atoms with Gasteiger partial charge in [0.2, 0.25) is 5.91 Å². The van der Waals surface area contributed by atoms with Gasteiger partial charge in [-0.15, -0.1) is 0 Å². The minimum Gasteiger partial charge on any atom is -0.490 e. The molecular weight excluding hydrogens is 495 g/mol. The van der Waals surface area contributed by atoms with Crippen LogP contribution in [0.1, 0.15) is 18.9 Å². The fraction of sp³-hybridized carbons (Fsp3) is 0.320. The number of carboxylic acid groups (broad SMARTS) is 2. The third-order valence-electron chi connectivity index (χ3n) is 6.25. The van der Waals surface area contributed by atoms with Crippen molar-refractivity contribution in [2.45, 2.75) is 25.4 Å². The third kappa shape index (κ3) is 5.23. The van der Waals surface area contributed by atoms with Crippen LogP contribution in [-0.2, 0) is 9.59 Å². The molecule has 190 valence electrons. The van der Waals surface area contributed by atoms with E-state index in [1.165, 1.54) is 30.0 Å². The maximum absolute atomic E-state index is 13.3. The van der Waals surface area contributed by atoms with Crippen molar-refractivity contribution in [1.29, 1.82) is 0 Å². The zero-order valence-electron chi connectivity index (χ0n) is 19.3. The first-order valence-electron chi connectivity index (χ1n) is 11.2. The summed E-state index contributed by atoms with van der Waals surface area (Å²) in [6, 6.07) is 9.09. The minimum absolute atomic E-state index is 0.0141. The van der Waals surface area contributed by atoms with Gasteiger partial charge < -0.3 is 24.6 Å². The van der Waals surface area contributed by atoms with Crippen LogP contribution < -0.4 is 9.47 Å². The van der Waals surface area contributed by atoms with E-state index in [4.69, 9.17) is 21.1 Å². The highest BCUT2D eigenvalue weighted by atomic mass is 35.5. The predicted octanol–water partition coefficient (Wildman–Crippen LogP) is 3.76. The van der Waals surface area contributed by atoms with E-state index < -0.39 is 30.0 Å². The van der Waals surface area contributed by atoms with Crippen molar-refractivity contribution in [3.8, 4) is 11.5 Å². The topological polar surface area (TPSA) is 117 Å². The Hall–Kier alpha value is -3.79. The summed E-state index contributed by atoms with van der Waals surface area (Å²) >= 11 is 5.97. The summed E-state index contributed by atoms with van der Waals surface area (Å²) in [7, 11) is 0. The van der Waals surface area contributed by atoms with E-state index in [2.05, 4.69) is 0 Å². The van der Waals surface area contributed by atoms with Gasteiger partial charge in [-0.1, -0.05) is 23.7 Å². The molecule has 2 heterocycles. The second-order valence-electron chi connectivity index (χ2n) is 8.48. The maximum Gasteiger partial charge on any atom is 0.408 e. The zero-order valence-corrected chi connectivity index (χ0v) is 20.1. The number of carbonyl (C=O) groups is 3. The molecule has 2 unspecified atom stereocenters. The van der Waals surface area contributed by atoms with Gasteiger partial charge in [0, 0.05) is 26.1 Å². The molecule has 9 nitrogen and oxygen atoms in total. The lowest BCUT2D eigenvalue weighted by atomic mass is 9.82. The van der Waals surface area contributed by atoms with Gasteiger partial charge >= 0.3 is 12.1 Å². The number of benzene rings is 2. The number of rotatable bonds is 7. The number of halogens is 2. The summed E-state index contributed by atoms with van der Waals surface area (Å²) in [6.07, 6.45) is -1.05. The molecule has 1 saturated heterocycles. The van der Waals surface area contributed by atoms with Crippen LogP contribution in [0.5, 0.6) is 11.5 Å². The Morgan fingerprint density at radius 3 is 2.39 bits per heavy atom. The summed E-state index contributed by atoms with van der Waals surface area (Å²) in [5.41, 5.74) is 1.14. The Morgan fingerprint density at radius 2 is 1.75 bits per heavy atom. The zero-order chi connectivity index (χ0) is 26.0. The van der Waals surface area contributed by atoms with Gasteiger partial charge in [-0.05, 0) is 41.8 Å². The van der Waals surface area contributed by atoms with Gasteiger partial charge in [0.1, 0.15) is 30.5 Å². The summed E-state index contributed by atoms with van der Waals surface area (Å²) < 4.78 is 24.4. The molecule has 0 aromatic heterocycles. The van der Waals surface area contributed by atoms with E-state index in [0.717, 1.165) is 4.90 Å². The molecule has 0 saturated carbocycles. The van der Waals surface area contributed by atoms with Crippen molar-refractivity contribution >= 4 is 35.1 Å². The van der Waals surface area contributed by atoms with Crippen molar-refractivity contribution in [2.75, 3.05) is 26.3 Å². The molecule has 1 fully saturated rings. The predicted molar refractivity (Wildman–Crippen MR) is 128 cm³/mol. The third-order valence-corrected chi connectivity index (χ3v) is 6.57. The van der Waals surface area contributed by atoms with Crippen molar-refractivity contribution in [3.05, 3.63) is 64.4 Å². The van der Waals surface area contributed by atoms with Gasteiger partial charge in [0.05, 0.1) is 22.7 Å². The second kappa shape index (κ2) is 10.4. The lowest BCUT2D eigenvalue weighted by Gasteiger charge is -2.49. The smallest absolute Gasteiger partial charge is 0.408 e. The van der Waals surface area contributed by atoms with Gasteiger partial charge in [0.15, 0.2) is 0 Å². The Morgan fingerprint density at radius 1 is 1.06 bits per heavy atom. The summed E-state index contributed by atoms with van der Waals surface area (Å²) in [5, 5.41) is 20.0. The lowest BCUT2D eigenvalue weighted by molar-refractivity contribution is -0.137. The molecule has 2 aliphatic heterocycles. The van der Waals surface area contributed by atoms with Crippen LogP contribution in [0.2, 0.25) is 5.02 Å². The maximum atomic E-state index is 13.3. The van der Waals surface area contributed by atoms with E-state index in [1.54, 1.807) is 24.3 Å². The summed E-state index contributed by atoms with van der Waals surface area (Å²) in [4.78, 5) is 38.7. The SMILES string of the molecule is CC(=O)N1CC2CC(c3ccc(OCCOc4cc(F)ccc4Cl)cc3)=C(C(=O)O)C(C1)N2C(=O)O. The second-order valence-corrected chi connectivity index (χ2v) is 8.89. The van der Waals surface area contributed by atoms with Crippen LogP contribution in [0, 0.1) is 5.82 Å². The molecule has 36 heavy (non-hydrogen) atoms. The highest BCUT2D eigenvalue weighted by Crippen LogP contribution is 2.39. The summed E-state index contributed by atoms with van der Waals surface area (Å²) in [6.45, 7) is 1.85. The van der Waals surface area contributed by atoms with E-state index in [0.29, 0.717) is 16.9 Å². The molecule has 0 spiro atoms. The Kier molecular flexibility index (Phi) is 7.35. The molecule has 11 heteroatoms. The molecule has 2 N–H and O–H groups in total. The van der Waals surface area contributed by atoms with Crippen LogP contribution in [0.4, 0.5) is 9.18 Å². The number of hydrogen-bond acceptors (Lipinski definition) is 5. The molecule has 0 radical (unpaired) electrons.